The van der Waals surface area contributed by atoms with Crippen LogP contribution in [0.4, 0.5) is 24.5 Å². The molecule has 4 aromatic rings. The summed E-state index contributed by atoms with van der Waals surface area (Å²) in [5, 5.41) is 6.94. The molecule has 226 valence electrons. The molecule has 4 rings (SSSR count). The summed E-state index contributed by atoms with van der Waals surface area (Å²) < 4.78 is 40.2. The monoisotopic (exact) mass is 637 g/mol. The molecule has 0 bridgehead atoms. The molecular formula is C33H27ClF3N3O3S. The average Bonchev–Trinajstić information content (AvgIpc) is 2.99. The van der Waals surface area contributed by atoms with Gasteiger partial charge in [-0.1, -0.05) is 59.6 Å². The number of hydrogen-bond donors (Lipinski definition) is 3. The minimum Gasteiger partial charge on any atom is -0.325 e. The lowest BCUT2D eigenvalue weighted by Crippen LogP contribution is -2.30. The van der Waals surface area contributed by atoms with Crippen LogP contribution in [0, 0.1) is 6.92 Å². The molecule has 0 aliphatic heterocycles. The minimum absolute atomic E-state index is 0.0341. The first-order chi connectivity index (χ1) is 20.9. The molecule has 6 nitrogen and oxygen atoms in total. The lowest BCUT2D eigenvalue weighted by Gasteiger charge is -2.17. The Labute approximate surface area is 261 Å². The number of benzene rings is 4. The van der Waals surface area contributed by atoms with E-state index in [1.807, 2.05) is 31.2 Å². The number of halogens is 4. The second-order valence-corrected chi connectivity index (χ2v) is 11.6. The van der Waals surface area contributed by atoms with E-state index in [-0.39, 0.29) is 16.4 Å². The maximum atomic E-state index is 13.4. The second-order valence-electron chi connectivity index (χ2n) is 9.70. The van der Waals surface area contributed by atoms with Crippen LogP contribution in [0.3, 0.4) is 0 Å². The molecule has 1 unspecified atom stereocenters. The lowest BCUT2D eigenvalue weighted by atomic mass is 10.1. The Bertz CT molecular complexity index is 1680. The quantitative estimate of drug-likeness (QED) is 0.128. The molecule has 4 aromatic carbocycles. The number of nitrogens with one attached hydrogen (secondary N) is 3. The number of carbonyl (C=O) groups excluding carboxylic acids is 3. The largest absolute Gasteiger partial charge is 0.418 e. The fourth-order valence-corrected chi connectivity index (χ4v) is 4.98. The van der Waals surface area contributed by atoms with Gasteiger partial charge in [0, 0.05) is 21.2 Å². The van der Waals surface area contributed by atoms with Crippen molar-refractivity contribution in [3.05, 3.63) is 130 Å². The third-order valence-corrected chi connectivity index (χ3v) is 7.60. The van der Waals surface area contributed by atoms with Crippen molar-refractivity contribution in [3.8, 4) is 0 Å². The van der Waals surface area contributed by atoms with Crippen LogP contribution >= 0.6 is 23.4 Å². The van der Waals surface area contributed by atoms with Crippen molar-refractivity contribution in [2.75, 3.05) is 10.6 Å². The van der Waals surface area contributed by atoms with Crippen LogP contribution in [0.1, 0.15) is 34.0 Å². The molecule has 0 aliphatic carbocycles. The van der Waals surface area contributed by atoms with Crippen LogP contribution in [0.2, 0.25) is 5.02 Å². The maximum Gasteiger partial charge on any atom is 0.418 e. The summed E-state index contributed by atoms with van der Waals surface area (Å²) >= 11 is 6.84. The molecule has 44 heavy (non-hydrogen) atoms. The van der Waals surface area contributed by atoms with Gasteiger partial charge in [-0.2, -0.15) is 13.2 Å². The Morgan fingerprint density at radius 1 is 0.864 bits per heavy atom. The average molecular weight is 638 g/mol. The molecule has 0 spiro atoms. The Morgan fingerprint density at radius 2 is 1.52 bits per heavy atom. The molecule has 0 saturated carbocycles. The maximum absolute atomic E-state index is 13.4. The Balaban J connectivity index is 1.43. The van der Waals surface area contributed by atoms with Gasteiger partial charge >= 0.3 is 6.18 Å². The number of thioether (sulfide) groups is 1. The molecule has 0 aliphatic rings. The predicted molar refractivity (Wildman–Crippen MR) is 169 cm³/mol. The van der Waals surface area contributed by atoms with Gasteiger partial charge in [-0.25, -0.2) is 0 Å². The topological polar surface area (TPSA) is 87.3 Å². The van der Waals surface area contributed by atoms with Crippen LogP contribution < -0.4 is 16.0 Å². The first-order valence-electron chi connectivity index (χ1n) is 13.3. The number of anilines is 2. The van der Waals surface area contributed by atoms with Crippen molar-refractivity contribution in [1.29, 1.82) is 0 Å². The zero-order valence-electron chi connectivity index (χ0n) is 23.5. The molecular weight excluding hydrogens is 611 g/mol. The molecule has 1 atom stereocenters. The van der Waals surface area contributed by atoms with E-state index in [2.05, 4.69) is 16.0 Å². The normalized spacial score (nSPS) is 12.3. The molecule has 0 heterocycles. The Kier molecular flexibility index (Phi) is 10.5. The van der Waals surface area contributed by atoms with Crippen molar-refractivity contribution in [2.45, 2.75) is 30.2 Å². The van der Waals surface area contributed by atoms with Crippen molar-refractivity contribution < 1.29 is 27.6 Å². The van der Waals surface area contributed by atoms with E-state index in [0.29, 0.717) is 21.7 Å². The number of amides is 3. The van der Waals surface area contributed by atoms with Gasteiger partial charge in [0.05, 0.1) is 16.5 Å². The summed E-state index contributed by atoms with van der Waals surface area (Å²) in [6.45, 7) is 3.51. The van der Waals surface area contributed by atoms with Gasteiger partial charge in [0.25, 0.3) is 11.8 Å². The van der Waals surface area contributed by atoms with Crippen molar-refractivity contribution in [1.82, 2.24) is 5.32 Å². The van der Waals surface area contributed by atoms with Crippen molar-refractivity contribution >= 4 is 58.5 Å². The van der Waals surface area contributed by atoms with E-state index in [4.69, 9.17) is 11.6 Å². The van der Waals surface area contributed by atoms with E-state index < -0.39 is 34.7 Å². The molecule has 3 amide bonds. The van der Waals surface area contributed by atoms with E-state index in [1.54, 1.807) is 67.6 Å². The summed E-state index contributed by atoms with van der Waals surface area (Å²) in [4.78, 5) is 39.4. The number of rotatable bonds is 9. The summed E-state index contributed by atoms with van der Waals surface area (Å²) in [6, 6.07) is 25.7. The van der Waals surface area contributed by atoms with Gasteiger partial charge in [0.2, 0.25) is 5.91 Å². The SMILES string of the molecule is Cc1ccc(/C=C(\NC(=O)c2ccccc2)C(=O)Nc2ccc(SC(C)C(=O)Nc3ccc(Cl)cc3C(F)(F)F)cc2)cc1. The molecule has 11 heteroatoms. The van der Waals surface area contributed by atoms with Crippen LogP contribution in [0.5, 0.6) is 0 Å². The first-order valence-corrected chi connectivity index (χ1v) is 14.6. The minimum atomic E-state index is -4.69. The van der Waals surface area contributed by atoms with Gasteiger partial charge in [-0.15, -0.1) is 11.8 Å². The molecule has 0 saturated heterocycles. The lowest BCUT2D eigenvalue weighted by molar-refractivity contribution is -0.137. The van der Waals surface area contributed by atoms with Gasteiger partial charge in [-0.05, 0) is 80.1 Å². The van der Waals surface area contributed by atoms with Gasteiger partial charge < -0.3 is 16.0 Å². The number of alkyl halides is 3. The zero-order valence-corrected chi connectivity index (χ0v) is 25.1. The standard InChI is InChI=1S/C33H27ClF3N3O3S/c1-20-8-10-22(11-9-20)18-29(40-31(42)23-6-4-3-5-7-23)32(43)38-25-13-15-26(16-14-25)44-21(2)30(41)39-28-17-12-24(34)19-27(28)33(35,36)37/h3-19,21H,1-2H3,(H,38,43)(H,39,41)(H,40,42)/b29-18-. The number of aryl methyl sites for hydroxylation is 1. The predicted octanol–water partition coefficient (Wildman–Crippen LogP) is 8.20. The Morgan fingerprint density at radius 3 is 2.16 bits per heavy atom. The van der Waals surface area contributed by atoms with Gasteiger partial charge in [0.15, 0.2) is 0 Å². The van der Waals surface area contributed by atoms with E-state index >= 15 is 0 Å². The highest BCUT2D eigenvalue weighted by atomic mass is 35.5. The molecule has 3 N–H and O–H groups in total. The van der Waals surface area contributed by atoms with Crippen molar-refractivity contribution in [2.24, 2.45) is 0 Å². The smallest absolute Gasteiger partial charge is 0.325 e. The fraction of sp³-hybridized carbons (Fsp3) is 0.121. The highest BCUT2D eigenvalue weighted by molar-refractivity contribution is 8.00. The zero-order chi connectivity index (χ0) is 31.9. The first kappa shape index (κ1) is 32.4. The Hall–Kier alpha value is -4.54. The number of carbonyl (C=O) groups is 3. The van der Waals surface area contributed by atoms with Crippen molar-refractivity contribution in [3.63, 3.8) is 0 Å². The van der Waals surface area contributed by atoms with Crippen LogP contribution in [-0.4, -0.2) is 23.0 Å². The highest BCUT2D eigenvalue weighted by Gasteiger charge is 2.34. The number of hydrogen-bond acceptors (Lipinski definition) is 4. The third-order valence-electron chi connectivity index (χ3n) is 6.26. The molecule has 0 fully saturated rings. The van der Waals surface area contributed by atoms with Crippen LogP contribution in [-0.2, 0) is 15.8 Å². The highest BCUT2D eigenvalue weighted by Crippen LogP contribution is 2.37. The van der Waals surface area contributed by atoms with Crippen LogP contribution in [0.15, 0.2) is 108 Å². The summed E-state index contributed by atoms with van der Waals surface area (Å²) in [7, 11) is 0. The summed E-state index contributed by atoms with van der Waals surface area (Å²) in [6.07, 6.45) is -3.12. The van der Waals surface area contributed by atoms with E-state index in [0.717, 1.165) is 29.5 Å². The van der Waals surface area contributed by atoms with Gasteiger partial charge in [0.1, 0.15) is 5.70 Å². The summed E-state index contributed by atoms with van der Waals surface area (Å²) in [5.74, 6) is -1.62. The third kappa shape index (κ3) is 8.98. The molecule has 0 radical (unpaired) electrons. The summed E-state index contributed by atoms with van der Waals surface area (Å²) in [5.41, 5.74) is 1.19. The van der Waals surface area contributed by atoms with Gasteiger partial charge in [-0.3, -0.25) is 14.4 Å². The molecule has 0 aromatic heterocycles. The fourth-order valence-electron chi connectivity index (χ4n) is 3.94. The van der Waals surface area contributed by atoms with E-state index in [9.17, 15) is 27.6 Å². The van der Waals surface area contributed by atoms with E-state index in [1.165, 1.54) is 6.07 Å². The second kappa shape index (κ2) is 14.3. The van der Waals surface area contributed by atoms with Crippen LogP contribution in [0.25, 0.3) is 6.08 Å².